The van der Waals surface area contributed by atoms with Crippen LogP contribution in [0.4, 0.5) is 4.79 Å². The molecule has 1 unspecified atom stereocenters. The molecule has 0 aliphatic heterocycles. The highest BCUT2D eigenvalue weighted by Gasteiger charge is 2.12. The van der Waals surface area contributed by atoms with Gasteiger partial charge in [0, 0.05) is 12.5 Å². The summed E-state index contributed by atoms with van der Waals surface area (Å²) in [6.07, 6.45) is -0.307. The van der Waals surface area contributed by atoms with Crippen molar-refractivity contribution in [2.75, 3.05) is 6.54 Å². The number of nitrogens with one attached hydrogen (secondary N) is 1. The van der Waals surface area contributed by atoms with Gasteiger partial charge < -0.3 is 15.2 Å². The quantitative estimate of drug-likeness (QED) is 0.594. The van der Waals surface area contributed by atoms with Crippen LogP contribution in [0.1, 0.15) is 13.8 Å². The van der Waals surface area contributed by atoms with E-state index in [9.17, 15) is 9.59 Å². The van der Waals surface area contributed by atoms with Crippen LogP contribution in [0.5, 0.6) is 0 Å². The number of hydrogen-bond acceptors (Lipinski definition) is 2. The molecule has 0 aliphatic rings. The van der Waals surface area contributed by atoms with Crippen molar-refractivity contribution in [2.45, 2.75) is 13.8 Å². The largest absolute Gasteiger partial charge is 0.465 e. The molecule has 1 atom stereocenters. The maximum Gasteiger partial charge on any atom is 0.404 e. The Morgan fingerprint density at radius 1 is 1.64 bits per heavy atom. The Morgan fingerprint density at radius 3 is 2.45 bits per heavy atom. The number of carboxylic acid groups (broad SMARTS) is 1. The van der Waals surface area contributed by atoms with E-state index in [2.05, 4.69) is 5.32 Å². The molecule has 0 aliphatic carbocycles. The molecule has 64 valence electrons. The molecular weight excluding hydrogens is 146 g/mol. The van der Waals surface area contributed by atoms with Gasteiger partial charge in [0.1, 0.15) is 6.29 Å². The molecule has 2 N–H and O–H groups in total. The van der Waals surface area contributed by atoms with Gasteiger partial charge in [0.05, 0.1) is 0 Å². The molecule has 4 heteroatoms. The van der Waals surface area contributed by atoms with Crippen LogP contribution in [0, 0.1) is 11.8 Å². The lowest BCUT2D eigenvalue weighted by molar-refractivity contribution is -0.112. The first-order chi connectivity index (χ1) is 5.07. The number of aldehydes is 1. The third-order valence-corrected chi connectivity index (χ3v) is 1.52. The number of amides is 1. The van der Waals surface area contributed by atoms with E-state index in [0.717, 1.165) is 6.29 Å². The lowest BCUT2D eigenvalue weighted by atomic mass is 9.98. The third-order valence-electron chi connectivity index (χ3n) is 1.52. The minimum atomic E-state index is -1.09. The monoisotopic (exact) mass is 159 g/mol. The Balaban J connectivity index is 3.69. The van der Waals surface area contributed by atoms with Gasteiger partial charge in [0.25, 0.3) is 0 Å². The molecule has 0 aromatic carbocycles. The van der Waals surface area contributed by atoms with Gasteiger partial charge in [-0.3, -0.25) is 0 Å². The standard InChI is InChI=1S/C7H13NO3/c1-5(2)6(4-9)3-8-7(10)11/h4-6,8H,3H2,1-2H3,(H,10,11). The van der Waals surface area contributed by atoms with Crippen LogP contribution in [-0.2, 0) is 4.79 Å². The molecule has 0 spiro atoms. The van der Waals surface area contributed by atoms with E-state index in [-0.39, 0.29) is 18.4 Å². The topological polar surface area (TPSA) is 66.4 Å². The third kappa shape index (κ3) is 4.36. The normalized spacial score (nSPS) is 12.6. The highest BCUT2D eigenvalue weighted by molar-refractivity contribution is 5.65. The fraction of sp³-hybridized carbons (Fsp3) is 0.714. The molecule has 1 amide bonds. The van der Waals surface area contributed by atoms with Crippen LogP contribution in [0.2, 0.25) is 0 Å². The van der Waals surface area contributed by atoms with Crippen molar-refractivity contribution in [3.63, 3.8) is 0 Å². The van der Waals surface area contributed by atoms with Crippen LogP contribution in [0.3, 0.4) is 0 Å². The van der Waals surface area contributed by atoms with Crippen molar-refractivity contribution in [2.24, 2.45) is 11.8 Å². The second-order valence-corrected chi connectivity index (χ2v) is 2.73. The molecule has 0 rings (SSSR count). The van der Waals surface area contributed by atoms with Crippen molar-refractivity contribution in [3.05, 3.63) is 0 Å². The highest BCUT2D eigenvalue weighted by Crippen LogP contribution is 2.05. The lowest BCUT2D eigenvalue weighted by Crippen LogP contribution is -2.30. The zero-order chi connectivity index (χ0) is 8.85. The predicted molar refractivity (Wildman–Crippen MR) is 40.4 cm³/mol. The molecule has 11 heavy (non-hydrogen) atoms. The SMILES string of the molecule is CC(C)C(C=O)CNC(=O)O. The minimum absolute atomic E-state index is 0.180. The van der Waals surface area contributed by atoms with Gasteiger partial charge in [-0.2, -0.15) is 0 Å². The van der Waals surface area contributed by atoms with Gasteiger partial charge >= 0.3 is 6.09 Å². The Labute approximate surface area is 65.6 Å². The number of hydrogen-bond donors (Lipinski definition) is 2. The van der Waals surface area contributed by atoms with Gasteiger partial charge in [-0.1, -0.05) is 13.8 Å². The van der Waals surface area contributed by atoms with Crippen molar-refractivity contribution < 1.29 is 14.7 Å². The summed E-state index contributed by atoms with van der Waals surface area (Å²) in [6.45, 7) is 3.96. The Morgan fingerprint density at radius 2 is 2.18 bits per heavy atom. The maximum absolute atomic E-state index is 10.3. The van der Waals surface area contributed by atoms with E-state index < -0.39 is 6.09 Å². The first-order valence-electron chi connectivity index (χ1n) is 3.50. The van der Waals surface area contributed by atoms with Crippen LogP contribution >= 0.6 is 0 Å². The highest BCUT2D eigenvalue weighted by atomic mass is 16.4. The molecule has 0 aromatic rings. The molecule has 0 saturated carbocycles. The summed E-state index contributed by atoms with van der Waals surface area (Å²) in [4.78, 5) is 20.3. The molecule has 0 saturated heterocycles. The number of rotatable bonds is 4. The molecule has 4 nitrogen and oxygen atoms in total. The zero-order valence-corrected chi connectivity index (χ0v) is 6.70. The first-order valence-corrected chi connectivity index (χ1v) is 3.50. The Bertz CT molecular complexity index is 145. The lowest BCUT2D eigenvalue weighted by Gasteiger charge is -2.12. The second-order valence-electron chi connectivity index (χ2n) is 2.73. The van der Waals surface area contributed by atoms with Crippen molar-refractivity contribution >= 4 is 12.4 Å². The average Bonchev–Trinajstić information content (AvgIpc) is 1.87. The van der Waals surface area contributed by atoms with E-state index in [1.54, 1.807) is 0 Å². The minimum Gasteiger partial charge on any atom is -0.465 e. The Hall–Kier alpha value is -1.06. The van der Waals surface area contributed by atoms with Gasteiger partial charge in [0.2, 0.25) is 0 Å². The predicted octanol–water partition coefficient (Wildman–Crippen LogP) is 0.725. The summed E-state index contributed by atoms with van der Waals surface area (Å²) in [5, 5.41) is 10.4. The summed E-state index contributed by atoms with van der Waals surface area (Å²) < 4.78 is 0. The maximum atomic E-state index is 10.3. The summed E-state index contributed by atoms with van der Waals surface area (Å²) in [7, 11) is 0. The van der Waals surface area contributed by atoms with Crippen LogP contribution in [0.25, 0.3) is 0 Å². The van der Waals surface area contributed by atoms with Crippen LogP contribution < -0.4 is 5.32 Å². The molecule has 0 bridgehead atoms. The van der Waals surface area contributed by atoms with Gasteiger partial charge in [-0.05, 0) is 5.92 Å². The smallest absolute Gasteiger partial charge is 0.404 e. The van der Waals surface area contributed by atoms with E-state index in [0.29, 0.717) is 0 Å². The van der Waals surface area contributed by atoms with Gasteiger partial charge in [-0.15, -0.1) is 0 Å². The fourth-order valence-electron chi connectivity index (χ4n) is 0.646. The number of carbonyl (C=O) groups is 2. The molecule has 0 heterocycles. The van der Waals surface area contributed by atoms with E-state index in [1.165, 1.54) is 0 Å². The molecular formula is C7H13NO3. The molecule has 0 fully saturated rings. The van der Waals surface area contributed by atoms with E-state index in [1.807, 2.05) is 13.8 Å². The molecule has 0 radical (unpaired) electrons. The number of carbonyl (C=O) groups excluding carboxylic acids is 1. The molecule has 0 aromatic heterocycles. The van der Waals surface area contributed by atoms with Gasteiger partial charge in [0.15, 0.2) is 0 Å². The van der Waals surface area contributed by atoms with Crippen LogP contribution in [-0.4, -0.2) is 24.0 Å². The zero-order valence-electron chi connectivity index (χ0n) is 6.70. The summed E-state index contributed by atoms with van der Waals surface area (Å²) in [6, 6.07) is 0. The summed E-state index contributed by atoms with van der Waals surface area (Å²) in [5.41, 5.74) is 0. The second kappa shape index (κ2) is 4.71. The van der Waals surface area contributed by atoms with Crippen LogP contribution in [0.15, 0.2) is 0 Å². The fourth-order valence-corrected chi connectivity index (χ4v) is 0.646. The summed E-state index contributed by atoms with van der Waals surface area (Å²) in [5.74, 6) is -0.0366. The first kappa shape index (κ1) is 9.94. The summed E-state index contributed by atoms with van der Waals surface area (Å²) >= 11 is 0. The van der Waals surface area contributed by atoms with E-state index >= 15 is 0 Å². The average molecular weight is 159 g/mol. The van der Waals surface area contributed by atoms with Crippen molar-refractivity contribution in [3.8, 4) is 0 Å². The Kier molecular flexibility index (Phi) is 4.26. The van der Waals surface area contributed by atoms with Gasteiger partial charge in [-0.25, -0.2) is 4.79 Å². The van der Waals surface area contributed by atoms with Crippen molar-refractivity contribution in [1.29, 1.82) is 0 Å². The van der Waals surface area contributed by atoms with E-state index in [4.69, 9.17) is 5.11 Å². The van der Waals surface area contributed by atoms with Crippen molar-refractivity contribution in [1.82, 2.24) is 5.32 Å².